The van der Waals surface area contributed by atoms with Crippen molar-refractivity contribution in [3.63, 3.8) is 0 Å². The lowest BCUT2D eigenvalue weighted by Gasteiger charge is -2.17. The number of amides is 1. The molecule has 1 fully saturated rings. The molecule has 3 aromatic rings. The van der Waals surface area contributed by atoms with Gasteiger partial charge in [-0.15, -0.1) is 0 Å². The highest BCUT2D eigenvalue weighted by atomic mass is 16.5. The van der Waals surface area contributed by atoms with Gasteiger partial charge in [-0.2, -0.15) is 0 Å². The maximum Gasteiger partial charge on any atom is 0.339 e. The maximum absolute atomic E-state index is 12.5. The lowest BCUT2D eigenvalue weighted by atomic mass is 10.1. The number of ether oxygens (including phenoxy) is 2. The highest BCUT2D eigenvalue weighted by molar-refractivity contribution is 5.84. The Labute approximate surface area is 162 Å². The summed E-state index contributed by atoms with van der Waals surface area (Å²) in [6.07, 6.45) is 0.562. The van der Waals surface area contributed by atoms with E-state index in [1.165, 1.54) is 6.07 Å². The SMILES string of the molecule is Cc1cc(OC2CCN(C(=O)COc3ccc4ccccc4c3)C2)cc(=O)o1. The van der Waals surface area contributed by atoms with E-state index in [2.05, 4.69) is 0 Å². The number of carbonyl (C=O) groups excluding carboxylic acids is 1. The van der Waals surface area contributed by atoms with Gasteiger partial charge in [0.2, 0.25) is 0 Å². The zero-order chi connectivity index (χ0) is 19.5. The fourth-order valence-corrected chi connectivity index (χ4v) is 3.38. The highest BCUT2D eigenvalue weighted by Gasteiger charge is 2.28. The highest BCUT2D eigenvalue weighted by Crippen LogP contribution is 2.21. The van der Waals surface area contributed by atoms with E-state index >= 15 is 0 Å². The van der Waals surface area contributed by atoms with Crippen LogP contribution in [-0.2, 0) is 4.79 Å². The van der Waals surface area contributed by atoms with Crippen molar-refractivity contribution in [2.45, 2.75) is 19.4 Å². The van der Waals surface area contributed by atoms with E-state index in [-0.39, 0.29) is 18.6 Å². The third-order valence-corrected chi connectivity index (χ3v) is 4.75. The number of carbonyl (C=O) groups is 1. The van der Waals surface area contributed by atoms with Gasteiger partial charge >= 0.3 is 5.63 Å². The van der Waals surface area contributed by atoms with Crippen LogP contribution in [0.15, 0.2) is 63.8 Å². The molecule has 0 radical (unpaired) electrons. The Bertz CT molecular complexity index is 1060. The number of nitrogens with zero attached hydrogens (tertiary/aromatic N) is 1. The Hall–Kier alpha value is -3.28. The topological polar surface area (TPSA) is 69.0 Å². The lowest BCUT2D eigenvalue weighted by Crippen LogP contribution is -2.34. The van der Waals surface area contributed by atoms with Crippen molar-refractivity contribution < 1.29 is 18.7 Å². The number of fused-ring (bicyclic) bond motifs is 1. The smallest absolute Gasteiger partial charge is 0.339 e. The Balaban J connectivity index is 1.32. The molecule has 1 aliphatic heterocycles. The molecule has 0 aliphatic carbocycles. The second-order valence-electron chi connectivity index (χ2n) is 6.89. The van der Waals surface area contributed by atoms with Crippen molar-refractivity contribution in [2.24, 2.45) is 0 Å². The zero-order valence-electron chi connectivity index (χ0n) is 15.6. The van der Waals surface area contributed by atoms with Gasteiger partial charge in [-0.05, 0) is 29.8 Å². The van der Waals surface area contributed by atoms with Gasteiger partial charge in [0, 0.05) is 19.0 Å². The molecule has 1 atom stereocenters. The average molecular weight is 379 g/mol. The van der Waals surface area contributed by atoms with Crippen molar-refractivity contribution in [3.8, 4) is 11.5 Å². The molecule has 2 heterocycles. The Morgan fingerprint density at radius 2 is 1.93 bits per heavy atom. The first kappa shape index (κ1) is 18.1. The molecule has 4 rings (SSSR count). The number of hydrogen-bond acceptors (Lipinski definition) is 5. The fraction of sp³-hybridized carbons (Fsp3) is 0.273. The fourth-order valence-electron chi connectivity index (χ4n) is 3.38. The zero-order valence-corrected chi connectivity index (χ0v) is 15.6. The maximum atomic E-state index is 12.5. The Kier molecular flexibility index (Phi) is 5.02. The number of aryl methyl sites for hydroxylation is 1. The molecule has 1 saturated heterocycles. The first-order valence-electron chi connectivity index (χ1n) is 9.25. The van der Waals surface area contributed by atoms with Gasteiger partial charge in [0.25, 0.3) is 5.91 Å². The van der Waals surface area contributed by atoms with E-state index in [1.54, 1.807) is 17.9 Å². The van der Waals surface area contributed by atoms with Gasteiger partial charge < -0.3 is 18.8 Å². The summed E-state index contributed by atoms with van der Waals surface area (Å²) in [5, 5.41) is 2.20. The minimum Gasteiger partial charge on any atom is -0.488 e. The molecular weight excluding hydrogens is 358 g/mol. The monoisotopic (exact) mass is 379 g/mol. The molecule has 6 heteroatoms. The summed E-state index contributed by atoms with van der Waals surface area (Å²) in [5.74, 6) is 1.56. The summed E-state index contributed by atoms with van der Waals surface area (Å²) < 4.78 is 16.4. The van der Waals surface area contributed by atoms with Gasteiger partial charge in [0.05, 0.1) is 12.6 Å². The summed E-state index contributed by atoms with van der Waals surface area (Å²) >= 11 is 0. The molecule has 6 nitrogen and oxygen atoms in total. The molecule has 0 spiro atoms. The van der Waals surface area contributed by atoms with E-state index in [1.807, 2.05) is 42.5 Å². The number of benzene rings is 2. The summed E-state index contributed by atoms with van der Waals surface area (Å²) in [6, 6.07) is 16.8. The van der Waals surface area contributed by atoms with Crippen LogP contribution in [0.5, 0.6) is 11.5 Å². The van der Waals surface area contributed by atoms with Crippen LogP contribution in [-0.4, -0.2) is 36.6 Å². The average Bonchev–Trinajstić information content (AvgIpc) is 3.13. The van der Waals surface area contributed by atoms with Crippen LogP contribution in [0.4, 0.5) is 0 Å². The van der Waals surface area contributed by atoms with Crippen LogP contribution >= 0.6 is 0 Å². The summed E-state index contributed by atoms with van der Waals surface area (Å²) in [7, 11) is 0. The van der Waals surface area contributed by atoms with Crippen molar-refractivity contribution in [1.82, 2.24) is 4.90 Å². The van der Waals surface area contributed by atoms with E-state index in [4.69, 9.17) is 13.9 Å². The van der Waals surface area contributed by atoms with Gasteiger partial charge in [0.1, 0.15) is 23.4 Å². The standard InChI is InChI=1S/C22H21NO5/c1-15-10-20(12-22(25)27-15)28-19-8-9-23(13-19)21(24)14-26-18-7-6-16-4-2-3-5-17(16)11-18/h2-7,10-12,19H,8-9,13-14H2,1H3. The Morgan fingerprint density at radius 3 is 2.75 bits per heavy atom. The number of hydrogen-bond donors (Lipinski definition) is 0. The summed E-state index contributed by atoms with van der Waals surface area (Å²) in [5.41, 5.74) is -0.440. The van der Waals surface area contributed by atoms with Crippen molar-refractivity contribution >= 4 is 16.7 Å². The predicted molar refractivity (Wildman–Crippen MR) is 105 cm³/mol. The Morgan fingerprint density at radius 1 is 1.11 bits per heavy atom. The van der Waals surface area contributed by atoms with Crippen molar-refractivity contribution in [3.05, 3.63) is 70.8 Å². The van der Waals surface area contributed by atoms with Crippen LogP contribution in [0, 0.1) is 6.92 Å². The largest absolute Gasteiger partial charge is 0.488 e. The van der Waals surface area contributed by atoms with Crippen molar-refractivity contribution in [1.29, 1.82) is 0 Å². The van der Waals surface area contributed by atoms with Gasteiger partial charge in [-0.25, -0.2) is 4.79 Å². The predicted octanol–water partition coefficient (Wildman–Crippen LogP) is 3.16. The quantitative estimate of drug-likeness (QED) is 0.681. The van der Waals surface area contributed by atoms with Crippen LogP contribution in [0.2, 0.25) is 0 Å². The van der Waals surface area contributed by atoms with Crippen LogP contribution < -0.4 is 15.1 Å². The van der Waals surface area contributed by atoms with E-state index in [0.29, 0.717) is 36.8 Å². The minimum absolute atomic E-state index is 0.0148. The number of likely N-dealkylation sites (tertiary alicyclic amines) is 1. The molecule has 1 aromatic heterocycles. The van der Waals surface area contributed by atoms with Gasteiger partial charge in [-0.3, -0.25) is 4.79 Å². The molecule has 144 valence electrons. The summed E-state index contributed by atoms with van der Waals surface area (Å²) in [4.78, 5) is 25.6. The minimum atomic E-state index is -0.440. The number of rotatable bonds is 5. The molecule has 1 aliphatic rings. The lowest BCUT2D eigenvalue weighted by molar-refractivity contribution is -0.132. The first-order valence-corrected chi connectivity index (χ1v) is 9.25. The second kappa shape index (κ2) is 7.76. The van der Waals surface area contributed by atoms with Crippen LogP contribution in [0.3, 0.4) is 0 Å². The molecule has 0 saturated carbocycles. The third kappa shape index (κ3) is 4.17. The molecule has 2 aromatic carbocycles. The van der Waals surface area contributed by atoms with Crippen LogP contribution in [0.1, 0.15) is 12.2 Å². The van der Waals surface area contributed by atoms with E-state index < -0.39 is 5.63 Å². The van der Waals surface area contributed by atoms with E-state index in [0.717, 1.165) is 10.8 Å². The van der Waals surface area contributed by atoms with E-state index in [9.17, 15) is 9.59 Å². The molecule has 1 amide bonds. The second-order valence-corrected chi connectivity index (χ2v) is 6.89. The molecular formula is C22H21NO5. The molecule has 1 unspecified atom stereocenters. The van der Waals surface area contributed by atoms with Crippen LogP contribution in [0.25, 0.3) is 10.8 Å². The van der Waals surface area contributed by atoms with Crippen molar-refractivity contribution in [2.75, 3.05) is 19.7 Å². The molecule has 0 N–H and O–H groups in total. The molecule has 28 heavy (non-hydrogen) atoms. The summed E-state index contributed by atoms with van der Waals surface area (Å²) in [6.45, 7) is 2.76. The van der Waals surface area contributed by atoms with Gasteiger partial charge in [-0.1, -0.05) is 30.3 Å². The normalized spacial score (nSPS) is 16.3. The molecule has 0 bridgehead atoms. The van der Waals surface area contributed by atoms with Gasteiger partial charge in [0.15, 0.2) is 6.61 Å². The third-order valence-electron chi connectivity index (χ3n) is 4.75. The first-order chi connectivity index (χ1) is 13.6.